The number of nitrogens with two attached hydrogens (primary N) is 1. The van der Waals surface area contributed by atoms with Gasteiger partial charge < -0.3 is 19.6 Å². The van der Waals surface area contributed by atoms with Crippen LogP contribution in [0.1, 0.15) is 36.7 Å². The zero-order chi connectivity index (χ0) is 12.3. The Hall–Kier alpha value is -1.56. The summed E-state index contributed by atoms with van der Waals surface area (Å²) < 4.78 is 15.3. The minimum absolute atomic E-state index is 0.0266. The van der Waals surface area contributed by atoms with Gasteiger partial charge in [-0.2, -0.15) is 4.98 Å². The van der Waals surface area contributed by atoms with Crippen molar-refractivity contribution in [3.05, 3.63) is 12.0 Å². The van der Waals surface area contributed by atoms with Crippen LogP contribution in [0.5, 0.6) is 6.08 Å². The van der Waals surface area contributed by atoms with Crippen molar-refractivity contribution >= 4 is 5.97 Å². The van der Waals surface area contributed by atoms with Crippen LogP contribution in [0.25, 0.3) is 0 Å². The molecule has 0 saturated heterocycles. The summed E-state index contributed by atoms with van der Waals surface area (Å²) in [5.74, 6) is -0.505. The number of esters is 1. The summed E-state index contributed by atoms with van der Waals surface area (Å²) in [6.45, 7) is 2.04. The summed E-state index contributed by atoms with van der Waals surface area (Å²) in [6, 6.07) is 0.180. The number of carbonyl (C=O) groups excluding carboxylic acids is 1. The van der Waals surface area contributed by atoms with Crippen molar-refractivity contribution < 1.29 is 18.7 Å². The van der Waals surface area contributed by atoms with E-state index in [1.54, 1.807) is 6.92 Å². The Bertz CT molecular complexity index is 391. The third kappa shape index (κ3) is 2.97. The minimum atomic E-state index is -0.505. The number of oxazole rings is 1. The van der Waals surface area contributed by atoms with Gasteiger partial charge in [0.2, 0.25) is 0 Å². The van der Waals surface area contributed by atoms with E-state index in [0.29, 0.717) is 6.61 Å². The Balaban J connectivity index is 1.92. The largest absolute Gasteiger partial charge is 0.461 e. The van der Waals surface area contributed by atoms with Crippen molar-refractivity contribution in [1.29, 1.82) is 0 Å². The average Bonchev–Trinajstić information content (AvgIpc) is 2.89. The fourth-order valence-corrected chi connectivity index (χ4v) is 1.83. The van der Waals surface area contributed by atoms with E-state index < -0.39 is 5.97 Å². The molecule has 0 spiro atoms. The van der Waals surface area contributed by atoms with Gasteiger partial charge in [-0.05, 0) is 26.2 Å². The molecule has 2 N–H and O–H groups in total. The first kappa shape index (κ1) is 11.9. The van der Waals surface area contributed by atoms with Crippen LogP contribution in [0, 0.1) is 0 Å². The molecular formula is C11H16N2O4. The van der Waals surface area contributed by atoms with Gasteiger partial charge in [-0.25, -0.2) is 4.79 Å². The number of ether oxygens (including phenoxy) is 2. The van der Waals surface area contributed by atoms with Crippen LogP contribution in [0.4, 0.5) is 0 Å². The molecule has 6 heteroatoms. The van der Waals surface area contributed by atoms with Crippen molar-refractivity contribution in [3.8, 4) is 6.08 Å². The molecule has 2 rings (SSSR count). The maximum absolute atomic E-state index is 11.3. The average molecular weight is 240 g/mol. The topological polar surface area (TPSA) is 87.6 Å². The third-order valence-corrected chi connectivity index (χ3v) is 2.66. The summed E-state index contributed by atoms with van der Waals surface area (Å²) in [5.41, 5.74) is 5.90. The van der Waals surface area contributed by atoms with Crippen LogP contribution in [0.3, 0.4) is 0 Å². The van der Waals surface area contributed by atoms with Gasteiger partial charge in [-0.15, -0.1) is 0 Å². The first-order valence-corrected chi connectivity index (χ1v) is 5.74. The minimum Gasteiger partial charge on any atom is -0.461 e. The van der Waals surface area contributed by atoms with E-state index >= 15 is 0 Å². The molecular weight excluding hydrogens is 224 g/mol. The molecule has 1 aliphatic rings. The summed E-state index contributed by atoms with van der Waals surface area (Å²) in [7, 11) is 0. The summed E-state index contributed by atoms with van der Waals surface area (Å²) in [4.78, 5) is 15.2. The molecule has 1 aliphatic carbocycles. The molecule has 94 valence electrons. The second kappa shape index (κ2) is 5.18. The van der Waals surface area contributed by atoms with Gasteiger partial charge in [0.25, 0.3) is 0 Å². The molecule has 2 atom stereocenters. The van der Waals surface area contributed by atoms with Crippen molar-refractivity contribution in [2.45, 2.75) is 38.3 Å². The summed E-state index contributed by atoms with van der Waals surface area (Å²) in [5, 5.41) is 0. The highest BCUT2D eigenvalue weighted by molar-refractivity contribution is 5.86. The second-order valence-electron chi connectivity index (χ2n) is 4.03. The lowest BCUT2D eigenvalue weighted by molar-refractivity contribution is 0.0518. The molecule has 1 aromatic heterocycles. The molecule has 0 aromatic carbocycles. The SMILES string of the molecule is CCOC(=O)c1coc(OC2CCC(N)C2)n1. The summed E-state index contributed by atoms with van der Waals surface area (Å²) in [6.07, 6.45) is 3.99. The van der Waals surface area contributed by atoms with Crippen LogP contribution < -0.4 is 10.5 Å². The van der Waals surface area contributed by atoms with E-state index in [2.05, 4.69) is 4.98 Å². The van der Waals surface area contributed by atoms with Crippen molar-refractivity contribution in [2.75, 3.05) is 6.61 Å². The number of carbonyl (C=O) groups is 1. The molecule has 0 amide bonds. The number of aromatic nitrogens is 1. The number of nitrogens with zero attached hydrogens (tertiary/aromatic N) is 1. The van der Waals surface area contributed by atoms with E-state index in [-0.39, 0.29) is 23.9 Å². The van der Waals surface area contributed by atoms with E-state index in [9.17, 15) is 4.79 Å². The predicted octanol–water partition coefficient (Wildman–Crippen LogP) is 1.11. The lowest BCUT2D eigenvalue weighted by atomic mass is 10.3. The normalized spacial score (nSPS) is 23.6. The summed E-state index contributed by atoms with van der Waals surface area (Å²) >= 11 is 0. The molecule has 0 bridgehead atoms. The molecule has 1 fully saturated rings. The molecule has 0 aliphatic heterocycles. The van der Waals surface area contributed by atoms with E-state index in [4.69, 9.17) is 19.6 Å². The Morgan fingerprint density at radius 3 is 3.12 bits per heavy atom. The lowest BCUT2D eigenvalue weighted by Gasteiger charge is -2.08. The Kier molecular flexibility index (Phi) is 3.63. The van der Waals surface area contributed by atoms with E-state index in [1.165, 1.54) is 6.26 Å². The predicted molar refractivity (Wildman–Crippen MR) is 58.7 cm³/mol. The van der Waals surface area contributed by atoms with Crippen molar-refractivity contribution in [2.24, 2.45) is 5.73 Å². The van der Waals surface area contributed by atoms with Gasteiger partial charge in [0.15, 0.2) is 5.69 Å². The second-order valence-corrected chi connectivity index (χ2v) is 4.03. The van der Waals surface area contributed by atoms with Crippen LogP contribution in [-0.2, 0) is 4.74 Å². The van der Waals surface area contributed by atoms with Gasteiger partial charge in [-0.1, -0.05) is 0 Å². The van der Waals surface area contributed by atoms with Crippen LogP contribution in [0.15, 0.2) is 10.7 Å². The highest BCUT2D eigenvalue weighted by Crippen LogP contribution is 2.23. The molecule has 2 unspecified atom stereocenters. The highest BCUT2D eigenvalue weighted by atomic mass is 16.6. The number of rotatable bonds is 4. The zero-order valence-corrected chi connectivity index (χ0v) is 9.72. The number of hydrogen-bond donors (Lipinski definition) is 1. The number of hydrogen-bond acceptors (Lipinski definition) is 6. The Morgan fingerprint density at radius 2 is 2.47 bits per heavy atom. The fourth-order valence-electron chi connectivity index (χ4n) is 1.83. The Labute approximate surface area is 99.1 Å². The Morgan fingerprint density at radius 1 is 1.65 bits per heavy atom. The first-order valence-electron chi connectivity index (χ1n) is 5.74. The smallest absolute Gasteiger partial charge is 0.394 e. The van der Waals surface area contributed by atoms with Gasteiger partial charge >= 0.3 is 12.0 Å². The lowest BCUT2D eigenvalue weighted by Crippen LogP contribution is -2.19. The van der Waals surface area contributed by atoms with E-state index in [1.807, 2.05) is 0 Å². The van der Waals surface area contributed by atoms with Gasteiger partial charge in [-0.3, -0.25) is 0 Å². The molecule has 17 heavy (non-hydrogen) atoms. The van der Waals surface area contributed by atoms with Gasteiger partial charge in [0, 0.05) is 6.04 Å². The maximum Gasteiger partial charge on any atom is 0.394 e. The molecule has 1 saturated carbocycles. The highest BCUT2D eigenvalue weighted by Gasteiger charge is 2.25. The van der Waals surface area contributed by atoms with Gasteiger partial charge in [0.1, 0.15) is 12.4 Å². The van der Waals surface area contributed by atoms with Crippen molar-refractivity contribution in [3.63, 3.8) is 0 Å². The molecule has 1 aromatic rings. The molecule has 6 nitrogen and oxygen atoms in total. The van der Waals surface area contributed by atoms with Gasteiger partial charge in [0.05, 0.1) is 6.61 Å². The van der Waals surface area contributed by atoms with Crippen LogP contribution in [0.2, 0.25) is 0 Å². The first-order chi connectivity index (χ1) is 8.19. The molecule has 1 heterocycles. The maximum atomic E-state index is 11.3. The zero-order valence-electron chi connectivity index (χ0n) is 9.72. The quantitative estimate of drug-likeness (QED) is 0.793. The standard InChI is InChI=1S/C11H16N2O4/c1-2-15-10(14)9-6-16-11(13-9)17-8-4-3-7(12)5-8/h6-8H,2-5,12H2,1H3. The molecule has 0 radical (unpaired) electrons. The monoisotopic (exact) mass is 240 g/mol. The van der Waals surface area contributed by atoms with E-state index in [0.717, 1.165) is 19.3 Å². The van der Waals surface area contributed by atoms with Crippen LogP contribution >= 0.6 is 0 Å². The third-order valence-electron chi connectivity index (χ3n) is 2.66. The van der Waals surface area contributed by atoms with Crippen molar-refractivity contribution in [1.82, 2.24) is 4.98 Å². The van der Waals surface area contributed by atoms with Crippen LogP contribution in [-0.4, -0.2) is 29.7 Å². The fraction of sp³-hybridized carbons (Fsp3) is 0.636.